The summed E-state index contributed by atoms with van der Waals surface area (Å²) in [4.78, 5) is 12.7. The van der Waals surface area contributed by atoms with E-state index in [4.69, 9.17) is 4.74 Å². The van der Waals surface area contributed by atoms with E-state index in [-0.39, 0.29) is 24.2 Å². The minimum Gasteiger partial charge on any atom is -0.496 e. The molecule has 29 heavy (non-hydrogen) atoms. The summed E-state index contributed by atoms with van der Waals surface area (Å²) < 4.78 is 20.4. The van der Waals surface area contributed by atoms with Gasteiger partial charge in [0.25, 0.3) is 0 Å². The molecule has 1 heterocycles. The van der Waals surface area contributed by atoms with Gasteiger partial charge < -0.3 is 10.1 Å². The number of aromatic nitrogens is 2. The summed E-state index contributed by atoms with van der Waals surface area (Å²) in [7, 11) is 1.62. The first kappa shape index (κ1) is 20.6. The van der Waals surface area contributed by atoms with E-state index in [0.29, 0.717) is 0 Å². The number of amides is 1. The van der Waals surface area contributed by atoms with Crippen LogP contribution in [-0.2, 0) is 11.2 Å². The van der Waals surface area contributed by atoms with Crippen LogP contribution in [0.3, 0.4) is 0 Å². The average Bonchev–Trinajstić information content (AvgIpc) is 2.96. The van der Waals surface area contributed by atoms with Crippen LogP contribution in [0.2, 0.25) is 0 Å². The highest BCUT2D eigenvalue weighted by Crippen LogP contribution is 2.26. The van der Waals surface area contributed by atoms with Crippen LogP contribution < -0.4 is 10.1 Å². The van der Waals surface area contributed by atoms with Crippen LogP contribution in [0.15, 0.2) is 42.5 Å². The number of aryl methyl sites for hydroxylation is 2. The van der Waals surface area contributed by atoms with Crippen LogP contribution in [0.1, 0.15) is 41.0 Å². The van der Waals surface area contributed by atoms with Crippen LogP contribution in [0, 0.1) is 26.6 Å². The van der Waals surface area contributed by atoms with E-state index >= 15 is 0 Å². The second-order valence-corrected chi connectivity index (χ2v) is 7.25. The molecular formula is C23H26FN3O2. The largest absolute Gasteiger partial charge is 0.496 e. The van der Waals surface area contributed by atoms with E-state index in [2.05, 4.69) is 10.4 Å². The molecule has 0 radical (unpaired) electrons. The van der Waals surface area contributed by atoms with Crippen molar-refractivity contribution in [2.45, 2.75) is 40.2 Å². The summed E-state index contributed by atoms with van der Waals surface area (Å²) in [6.45, 7) is 7.74. The van der Waals surface area contributed by atoms with Gasteiger partial charge in [0.1, 0.15) is 11.6 Å². The van der Waals surface area contributed by atoms with Gasteiger partial charge in [-0.05, 0) is 58.0 Å². The maximum absolute atomic E-state index is 13.2. The van der Waals surface area contributed by atoms with Crippen LogP contribution in [-0.4, -0.2) is 22.8 Å². The lowest BCUT2D eigenvalue weighted by atomic mass is 10.0. The number of carbonyl (C=O) groups is 1. The topological polar surface area (TPSA) is 56.1 Å². The van der Waals surface area contributed by atoms with Gasteiger partial charge in [-0.2, -0.15) is 5.10 Å². The van der Waals surface area contributed by atoms with Gasteiger partial charge in [0, 0.05) is 16.8 Å². The van der Waals surface area contributed by atoms with Gasteiger partial charge in [0.2, 0.25) is 5.91 Å². The van der Waals surface area contributed by atoms with Crippen molar-refractivity contribution < 1.29 is 13.9 Å². The van der Waals surface area contributed by atoms with Crippen molar-refractivity contribution >= 4 is 5.91 Å². The monoisotopic (exact) mass is 395 g/mol. The van der Waals surface area contributed by atoms with Gasteiger partial charge in [-0.3, -0.25) is 4.79 Å². The van der Waals surface area contributed by atoms with Crippen molar-refractivity contribution in [2.75, 3.05) is 7.11 Å². The van der Waals surface area contributed by atoms with Crippen molar-refractivity contribution in [3.8, 4) is 11.4 Å². The number of methoxy groups -OCH3 is 1. The summed E-state index contributed by atoms with van der Waals surface area (Å²) in [5.74, 6) is 0.362. The molecule has 0 unspecified atom stereocenters. The van der Waals surface area contributed by atoms with E-state index in [1.807, 2.05) is 45.9 Å². The number of rotatable bonds is 6. The highest BCUT2D eigenvalue weighted by molar-refractivity contribution is 5.79. The lowest BCUT2D eigenvalue weighted by Gasteiger charge is -2.18. The molecule has 3 rings (SSSR count). The Kier molecular flexibility index (Phi) is 6.01. The minimum atomic E-state index is -0.296. The number of hydrogen-bond acceptors (Lipinski definition) is 3. The maximum Gasteiger partial charge on any atom is 0.225 e. The van der Waals surface area contributed by atoms with Crippen molar-refractivity contribution in [3.63, 3.8) is 0 Å². The third-order valence-electron chi connectivity index (χ3n) is 5.08. The SMILES string of the molecule is COc1ccc(C)cc1[C@@H](C)NC(=O)Cc1c(C)nn(-c2ccc(F)cc2)c1C. The first-order chi connectivity index (χ1) is 13.8. The number of hydrogen-bond donors (Lipinski definition) is 1. The standard InChI is InChI=1S/C23H26FN3O2/c1-14-6-11-22(29-5)21(12-14)15(2)25-23(28)13-20-16(3)26-27(17(20)4)19-9-7-18(24)8-10-19/h6-12,15H,13H2,1-5H3,(H,25,28)/t15-/m1/s1. The van der Waals surface area contributed by atoms with E-state index in [1.165, 1.54) is 12.1 Å². The molecule has 0 bridgehead atoms. The first-order valence-corrected chi connectivity index (χ1v) is 9.55. The first-order valence-electron chi connectivity index (χ1n) is 9.55. The quantitative estimate of drug-likeness (QED) is 0.674. The molecule has 1 N–H and O–H groups in total. The lowest BCUT2D eigenvalue weighted by molar-refractivity contribution is -0.121. The normalized spacial score (nSPS) is 11.9. The molecule has 2 aromatic carbocycles. The summed E-state index contributed by atoms with van der Waals surface area (Å²) in [6, 6.07) is 11.9. The number of nitrogens with one attached hydrogen (secondary N) is 1. The fourth-order valence-electron chi connectivity index (χ4n) is 3.49. The Morgan fingerprint density at radius 1 is 1.17 bits per heavy atom. The summed E-state index contributed by atoms with van der Waals surface area (Å²) in [5, 5.41) is 7.59. The fourth-order valence-corrected chi connectivity index (χ4v) is 3.49. The van der Waals surface area contributed by atoms with E-state index in [1.54, 1.807) is 23.9 Å². The molecule has 152 valence electrons. The van der Waals surface area contributed by atoms with Crippen molar-refractivity contribution in [1.29, 1.82) is 0 Å². The van der Waals surface area contributed by atoms with E-state index in [0.717, 1.165) is 39.5 Å². The number of halogens is 1. The van der Waals surface area contributed by atoms with Gasteiger partial charge in [0.15, 0.2) is 0 Å². The average molecular weight is 395 g/mol. The molecule has 0 aliphatic heterocycles. The Hall–Kier alpha value is -3.15. The second kappa shape index (κ2) is 8.47. The van der Waals surface area contributed by atoms with Crippen LogP contribution in [0.5, 0.6) is 5.75 Å². The van der Waals surface area contributed by atoms with E-state index < -0.39 is 0 Å². The molecule has 0 fully saturated rings. The Bertz CT molecular complexity index is 1030. The predicted molar refractivity (Wildman–Crippen MR) is 111 cm³/mol. The Morgan fingerprint density at radius 2 is 1.86 bits per heavy atom. The van der Waals surface area contributed by atoms with Crippen LogP contribution >= 0.6 is 0 Å². The van der Waals surface area contributed by atoms with Gasteiger partial charge in [-0.1, -0.05) is 17.7 Å². The second-order valence-electron chi connectivity index (χ2n) is 7.25. The molecule has 1 aromatic heterocycles. The zero-order valence-electron chi connectivity index (χ0n) is 17.4. The van der Waals surface area contributed by atoms with Gasteiger partial charge >= 0.3 is 0 Å². The van der Waals surface area contributed by atoms with Crippen molar-refractivity contribution in [3.05, 3.63) is 76.4 Å². The Balaban J connectivity index is 1.78. The molecular weight excluding hydrogens is 369 g/mol. The highest BCUT2D eigenvalue weighted by atomic mass is 19.1. The zero-order valence-corrected chi connectivity index (χ0v) is 17.4. The molecule has 1 atom stereocenters. The molecule has 0 saturated heterocycles. The van der Waals surface area contributed by atoms with Crippen LogP contribution in [0.4, 0.5) is 4.39 Å². The maximum atomic E-state index is 13.2. The zero-order chi connectivity index (χ0) is 21.1. The number of carbonyl (C=O) groups excluding carboxylic acids is 1. The Labute approximate surface area is 170 Å². The summed E-state index contributed by atoms with van der Waals surface area (Å²) >= 11 is 0. The molecule has 0 aliphatic rings. The molecule has 6 heteroatoms. The third kappa shape index (κ3) is 4.47. The summed E-state index contributed by atoms with van der Waals surface area (Å²) in [6.07, 6.45) is 0.220. The molecule has 0 aliphatic carbocycles. The Morgan fingerprint density at radius 3 is 2.52 bits per heavy atom. The summed E-state index contributed by atoms with van der Waals surface area (Å²) in [5.41, 5.74) is 5.32. The van der Waals surface area contributed by atoms with Crippen molar-refractivity contribution in [1.82, 2.24) is 15.1 Å². The number of benzene rings is 2. The van der Waals surface area contributed by atoms with E-state index in [9.17, 15) is 9.18 Å². The van der Waals surface area contributed by atoms with Gasteiger partial charge in [0.05, 0.1) is 31.0 Å². The molecule has 3 aromatic rings. The lowest BCUT2D eigenvalue weighted by Crippen LogP contribution is -2.28. The molecule has 1 amide bonds. The predicted octanol–water partition coefficient (Wildman–Crippen LogP) is 4.37. The fraction of sp³-hybridized carbons (Fsp3) is 0.304. The van der Waals surface area contributed by atoms with Crippen LogP contribution in [0.25, 0.3) is 5.69 Å². The number of nitrogens with zero attached hydrogens (tertiary/aromatic N) is 2. The molecule has 0 saturated carbocycles. The smallest absolute Gasteiger partial charge is 0.225 e. The molecule has 5 nitrogen and oxygen atoms in total. The third-order valence-corrected chi connectivity index (χ3v) is 5.08. The van der Waals surface area contributed by atoms with Gasteiger partial charge in [-0.25, -0.2) is 9.07 Å². The number of ether oxygens (including phenoxy) is 1. The van der Waals surface area contributed by atoms with Crippen molar-refractivity contribution in [2.24, 2.45) is 0 Å². The van der Waals surface area contributed by atoms with Gasteiger partial charge in [-0.15, -0.1) is 0 Å². The minimum absolute atomic E-state index is 0.0917. The highest BCUT2D eigenvalue weighted by Gasteiger charge is 2.19. The molecule has 0 spiro atoms.